The lowest BCUT2D eigenvalue weighted by Gasteiger charge is -2.14. The number of amides is 2. The van der Waals surface area contributed by atoms with Crippen LogP contribution in [0.2, 0.25) is 0 Å². The number of rotatable bonds is 8. The van der Waals surface area contributed by atoms with Crippen LogP contribution in [0.15, 0.2) is 73.8 Å². The molecule has 0 saturated carbocycles. The molecule has 0 aromatic heterocycles. The average molecular weight is 388 g/mol. The first-order chi connectivity index (χ1) is 12.8. The van der Waals surface area contributed by atoms with Crippen molar-refractivity contribution in [3.8, 4) is 11.5 Å². The highest BCUT2D eigenvalue weighted by Gasteiger charge is 2.25. The molecule has 0 atom stereocenters. The topological polar surface area (TPSA) is 114 Å². The predicted octanol–water partition coefficient (Wildman–Crippen LogP) is 3.49. The van der Waals surface area contributed by atoms with Crippen LogP contribution in [0.1, 0.15) is 0 Å². The third kappa shape index (κ3) is 6.47. The summed E-state index contributed by atoms with van der Waals surface area (Å²) in [4.78, 5) is 32.3. The maximum absolute atomic E-state index is 12.1. The Kier molecular flexibility index (Phi) is 6.54. The molecule has 3 N–H and O–H groups in total. The van der Waals surface area contributed by atoms with Gasteiger partial charge in [0.05, 0.1) is 0 Å². The van der Waals surface area contributed by atoms with Crippen LogP contribution in [-0.4, -0.2) is 16.7 Å². The maximum atomic E-state index is 12.1. The highest BCUT2D eigenvalue weighted by atomic mass is 31.2. The van der Waals surface area contributed by atoms with Gasteiger partial charge in [-0.3, -0.25) is 14.5 Å². The molecule has 0 saturated heterocycles. The Labute approximate surface area is 155 Å². The quantitative estimate of drug-likeness (QED) is 0.471. The fourth-order valence-corrected chi connectivity index (χ4v) is 2.68. The van der Waals surface area contributed by atoms with Crippen LogP contribution in [0, 0.1) is 0 Å². The van der Waals surface area contributed by atoms with Crippen molar-refractivity contribution in [3.63, 3.8) is 0 Å². The van der Waals surface area contributed by atoms with E-state index in [1.807, 2.05) is 0 Å². The summed E-state index contributed by atoms with van der Waals surface area (Å²) in [7, 11) is -4.44. The first-order valence-electron chi connectivity index (χ1n) is 7.60. The van der Waals surface area contributed by atoms with Crippen LogP contribution in [0.4, 0.5) is 11.4 Å². The number of phosphoric ester groups is 1. The number of phosphoric acid groups is 1. The molecule has 0 unspecified atom stereocenters. The Balaban J connectivity index is 1.98. The number of nitrogens with one attached hydrogen (secondary N) is 2. The van der Waals surface area contributed by atoms with Gasteiger partial charge in [0.1, 0.15) is 11.5 Å². The SMILES string of the molecule is C=CC(=O)Nc1ccc(OP(=O)(O)Oc2ccc(NC(=O)C=C)cc2)cc1. The van der Waals surface area contributed by atoms with Crippen molar-refractivity contribution in [2.24, 2.45) is 0 Å². The van der Waals surface area contributed by atoms with Crippen LogP contribution in [0.25, 0.3) is 0 Å². The second kappa shape index (κ2) is 8.84. The molecule has 0 aliphatic rings. The lowest BCUT2D eigenvalue weighted by molar-refractivity contribution is -0.112. The Hall–Kier alpha value is -3.35. The van der Waals surface area contributed by atoms with Gasteiger partial charge in [0.2, 0.25) is 11.8 Å². The molecule has 0 bridgehead atoms. The van der Waals surface area contributed by atoms with Gasteiger partial charge in [-0.05, 0) is 60.7 Å². The molecule has 8 nitrogen and oxygen atoms in total. The second-order valence-corrected chi connectivity index (χ2v) is 6.39. The molecule has 0 heterocycles. The number of anilines is 2. The highest BCUT2D eigenvalue weighted by molar-refractivity contribution is 7.48. The van der Waals surface area contributed by atoms with E-state index >= 15 is 0 Å². The average Bonchev–Trinajstić information content (AvgIpc) is 2.64. The summed E-state index contributed by atoms with van der Waals surface area (Å²) in [6, 6.07) is 11.6. The summed E-state index contributed by atoms with van der Waals surface area (Å²) < 4.78 is 22.1. The third-order valence-electron chi connectivity index (χ3n) is 3.06. The fraction of sp³-hybridized carbons (Fsp3) is 0. The maximum Gasteiger partial charge on any atom is 0.584 e. The molecule has 140 valence electrons. The fourth-order valence-electron chi connectivity index (χ4n) is 1.87. The lowest BCUT2D eigenvalue weighted by Crippen LogP contribution is -2.07. The van der Waals surface area contributed by atoms with Crippen molar-refractivity contribution >= 4 is 31.0 Å². The molecule has 27 heavy (non-hydrogen) atoms. The summed E-state index contributed by atoms with van der Waals surface area (Å²) in [6.45, 7) is 6.68. The molecule has 0 radical (unpaired) electrons. The highest BCUT2D eigenvalue weighted by Crippen LogP contribution is 2.44. The molecular formula is C18H17N2O6P. The molecule has 2 rings (SSSR count). The van der Waals surface area contributed by atoms with Crippen molar-refractivity contribution in [3.05, 3.63) is 73.8 Å². The van der Waals surface area contributed by atoms with Crippen molar-refractivity contribution in [2.75, 3.05) is 10.6 Å². The van der Waals surface area contributed by atoms with E-state index in [9.17, 15) is 19.0 Å². The van der Waals surface area contributed by atoms with Crippen LogP contribution < -0.4 is 19.7 Å². The Bertz CT molecular complexity index is 822. The molecular weight excluding hydrogens is 371 g/mol. The van der Waals surface area contributed by atoms with E-state index in [0.717, 1.165) is 12.2 Å². The van der Waals surface area contributed by atoms with Crippen LogP contribution in [0.3, 0.4) is 0 Å². The standard InChI is InChI=1S/C18H17N2O6P/c1-3-17(21)19-13-5-9-15(10-6-13)25-27(23,24)26-16-11-7-14(8-12-16)20-18(22)4-2/h3-12H,1-2H2,(H,19,21)(H,20,22)(H,23,24). The van der Waals surface area contributed by atoms with E-state index in [1.165, 1.54) is 48.5 Å². The zero-order valence-electron chi connectivity index (χ0n) is 14.1. The Morgan fingerprint density at radius 3 is 1.44 bits per heavy atom. The Morgan fingerprint density at radius 2 is 1.15 bits per heavy atom. The van der Waals surface area contributed by atoms with E-state index in [2.05, 4.69) is 23.8 Å². The molecule has 2 aromatic carbocycles. The number of hydrogen-bond donors (Lipinski definition) is 3. The van der Waals surface area contributed by atoms with Gasteiger partial charge in [0, 0.05) is 11.4 Å². The zero-order chi connectivity index (χ0) is 19.9. The molecule has 0 spiro atoms. The molecule has 2 aromatic rings. The molecule has 9 heteroatoms. The van der Waals surface area contributed by atoms with Gasteiger partial charge in [-0.15, -0.1) is 0 Å². The van der Waals surface area contributed by atoms with E-state index in [1.54, 1.807) is 0 Å². The van der Waals surface area contributed by atoms with E-state index in [4.69, 9.17) is 9.05 Å². The van der Waals surface area contributed by atoms with Gasteiger partial charge < -0.3 is 19.7 Å². The molecule has 2 amide bonds. The minimum atomic E-state index is -4.44. The first-order valence-corrected chi connectivity index (χ1v) is 9.10. The van der Waals surface area contributed by atoms with Gasteiger partial charge in [-0.2, -0.15) is 0 Å². The third-order valence-corrected chi connectivity index (χ3v) is 3.94. The monoisotopic (exact) mass is 388 g/mol. The number of carbonyl (C=O) groups excluding carboxylic acids is 2. The smallest absolute Gasteiger partial charge is 0.395 e. The number of carbonyl (C=O) groups is 2. The molecule has 0 fully saturated rings. The van der Waals surface area contributed by atoms with E-state index in [-0.39, 0.29) is 23.3 Å². The minimum Gasteiger partial charge on any atom is -0.395 e. The van der Waals surface area contributed by atoms with Crippen LogP contribution in [0.5, 0.6) is 11.5 Å². The van der Waals surface area contributed by atoms with Gasteiger partial charge >= 0.3 is 7.82 Å². The summed E-state index contributed by atoms with van der Waals surface area (Å²) >= 11 is 0. The van der Waals surface area contributed by atoms with Crippen LogP contribution >= 0.6 is 7.82 Å². The van der Waals surface area contributed by atoms with Gasteiger partial charge in [0.25, 0.3) is 0 Å². The summed E-state index contributed by atoms with van der Waals surface area (Å²) in [5.41, 5.74) is 0.941. The van der Waals surface area contributed by atoms with Crippen LogP contribution in [-0.2, 0) is 14.2 Å². The van der Waals surface area contributed by atoms with Crippen molar-refractivity contribution in [1.82, 2.24) is 0 Å². The first kappa shape index (κ1) is 20.0. The molecule has 0 aliphatic carbocycles. The summed E-state index contributed by atoms with van der Waals surface area (Å²) in [5.74, 6) is -0.611. The normalized spacial score (nSPS) is 10.4. The number of benzene rings is 2. The van der Waals surface area contributed by atoms with E-state index < -0.39 is 7.82 Å². The largest absolute Gasteiger partial charge is 0.584 e. The Morgan fingerprint density at radius 1 is 0.815 bits per heavy atom. The summed E-state index contributed by atoms with van der Waals surface area (Å²) in [6.07, 6.45) is 2.24. The second-order valence-electron chi connectivity index (χ2n) is 5.09. The van der Waals surface area contributed by atoms with Gasteiger partial charge in [0.15, 0.2) is 0 Å². The van der Waals surface area contributed by atoms with Gasteiger partial charge in [-0.1, -0.05) is 13.2 Å². The number of hydrogen-bond acceptors (Lipinski definition) is 5. The minimum absolute atomic E-state index is 0.0762. The lowest BCUT2D eigenvalue weighted by atomic mass is 10.3. The summed E-state index contributed by atoms with van der Waals surface area (Å²) in [5, 5.41) is 5.07. The van der Waals surface area contributed by atoms with Crippen molar-refractivity contribution < 1.29 is 28.1 Å². The predicted molar refractivity (Wildman–Crippen MR) is 102 cm³/mol. The zero-order valence-corrected chi connectivity index (χ0v) is 15.0. The van der Waals surface area contributed by atoms with Crippen molar-refractivity contribution in [2.45, 2.75) is 0 Å². The van der Waals surface area contributed by atoms with Crippen molar-refractivity contribution in [1.29, 1.82) is 0 Å². The van der Waals surface area contributed by atoms with E-state index in [0.29, 0.717) is 11.4 Å². The molecule has 0 aliphatic heterocycles. The van der Waals surface area contributed by atoms with Gasteiger partial charge in [-0.25, -0.2) is 4.57 Å².